The quantitative estimate of drug-likeness (QED) is 0.351. The summed E-state index contributed by atoms with van der Waals surface area (Å²) in [5, 5.41) is 19.4. The minimum atomic E-state index is -0.908. The number of aliphatic hydroxyl groups is 2. The largest absolute Gasteiger partial charge is 0.463 e. The van der Waals surface area contributed by atoms with Crippen molar-refractivity contribution in [3.63, 3.8) is 0 Å². The van der Waals surface area contributed by atoms with E-state index >= 15 is 0 Å². The van der Waals surface area contributed by atoms with Gasteiger partial charge in [0.15, 0.2) is 0 Å². The van der Waals surface area contributed by atoms with E-state index in [0.29, 0.717) is 13.2 Å². The van der Waals surface area contributed by atoms with Gasteiger partial charge < -0.3 is 29.2 Å². The number of benzene rings is 1. The van der Waals surface area contributed by atoms with Crippen LogP contribution in [0.1, 0.15) is 31.4 Å². The summed E-state index contributed by atoms with van der Waals surface area (Å²) in [5.41, 5.74) is 2.10. The second kappa shape index (κ2) is 13.8. The normalized spacial score (nSPS) is 12.8. The highest BCUT2D eigenvalue weighted by molar-refractivity contribution is 5.86. The highest BCUT2D eigenvalue weighted by Gasteiger charge is 2.10. The maximum absolute atomic E-state index is 11.2. The van der Waals surface area contributed by atoms with Crippen LogP contribution < -0.4 is 0 Å². The first kappa shape index (κ1) is 24.8. The first-order valence-corrected chi connectivity index (χ1v) is 9.39. The molecule has 1 rings (SSSR count). The van der Waals surface area contributed by atoms with E-state index in [1.807, 2.05) is 24.3 Å². The Balaban J connectivity index is 2.21. The van der Waals surface area contributed by atoms with Gasteiger partial charge in [0.2, 0.25) is 0 Å². The molecule has 0 radical (unpaired) electrons. The highest BCUT2D eigenvalue weighted by Crippen LogP contribution is 2.08. The third-order valence-corrected chi connectivity index (χ3v) is 3.66. The van der Waals surface area contributed by atoms with Crippen molar-refractivity contribution in [2.45, 2.75) is 45.7 Å². The van der Waals surface area contributed by atoms with Crippen molar-refractivity contribution in [3.8, 4) is 0 Å². The molecule has 0 saturated heterocycles. The monoisotopic (exact) mass is 410 g/mol. The van der Waals surface area contributed by atoms with Crippen LogP contribution in [0.15, 0.2) is 36.4 Å². The number of carbonyl (C=O) groups excluding carboxylic acids is 2. The Labute approximate surface area is 171 Å². The number of hydrogen-bond acceptors (Lipinski definition) is 8. The van der Waals surface area contributed by atoms with Crippen LogP contribution in [-0.2, 0) is 41.8 Å². The molecule has 1 aromatic rings. The molecule has 0 saturated carbocycles. The molecule has 2 atom stereocenters. The summed E-state index contributed by atoms with van der Waals surface area (Å²) in [7, 11) is 0. The summed E-state index contributed by atoms with van der Waals surface area (Å²) >= 11 is 0. The van der Waals surface area contributed by atoms with Gasteiger partial charge in [-0.3, -0.25) is 4.79 Å². The topological polar surface area (TPSA) is 112 Å². The molecule has 0 aliphatic rings. The molecule has 0 heterocycles. The van der Waals surface area contributed by atoms with E-state index in [9.17, 15) is 19.8 Å². The molecule has 2 N–H and O–H groups in total. The van der Waals surface area contributed by atoms with Crippen molar-refractivity contribution in [1.29, 1.82) is 0 Å². The average molecular weight is 410 g/mol. The Kier molecular flexibility index (Phi) is 11.8. The predicted octanol–water partition coefficient (Wildman–Crippen LogP) is 1.51. The Bertz CT molecular complexity index is 641. The first-order valence-electron chi connectivity index (χ1n) is 9.39. The molecule has 29 heavy (non-hydrogen) atoms. The maximum Gasteiger partial charge on any atom is 0.333 e. The zero-order chi connectivity index (χ0) is 21.6. The molecular weight excluding hydrogens is 380 g/mol. The third kappa shape index (κ3) is 11.4. The number of hydrogen-bond donors (Lipinski definition) is 2. The van der Waals surface area contributed by atoms with Crippen LogP contribution >= 0.6 is 0 Å². The van der Waals surface area contributed by atoms with Gasteiger partial charge in [0.05, 0.1) is 26.4 Å². The number of rotatable bonds is 14. The number of ether oxygens (including phenoxy) is 4. The van der Waals surface area contributed by atoms with Crippen molar-refractivity contribution in [3.05, 3.63) is 47.5 Å². The van der Waals surface area contributed by atoms with Crippen molar-refractivity contribution in [1.82, 2.24) is 0 Å². The summed E-state index contributed by atoms with van der Waals surface area (Å²) in [5.74, 6) is -0.904. The van der Waals surface area contributed by atoms with E-state index in [4.69, 9.17) is 18.9 Å². The highest BCUT2D eigenvalue weighted by atomic mass is 16.6. The molecule has 2 unspecified atom stereocenters. The van der Waals surface area contributed by atoms with Gasteiger partial charge in [0.1, 0.15) is 25.4 Å². The Hall–Kier alpha value is -2.26. The van der Waals surface area contributed by atoms with Crippen molar-refractivity contribution in [2.75, 3.05) is 26.4 Å². The summed E-state index contributed by atoms with van der Waals surface area (Å²) in [6.45, 7) is 7.16. The van der Waals surface area contributed by atoms with Gasteiger partial charge in [-0.05, 0) is 18.1 Å². The SMILES string of the molecule is C=C(C)C(=O)OCC(O)COCc1ccc(COCC(O)COC(=O)CC)cc1. The minimum absolute atomic E-state index is 0.0365. The standard InChI is InChI=1S/C21H30O8/c1-4-20(24)28-13-18(22)11-26-9-16-5-7-17(8-6-16)10-27-12-19(23)14-29-21(25)15(2)3/h5-8,18-19,22-23H,2,4,9-14H2,1,3H3. The van der Waals surface area contributed by atoms with Gasteiger partial charge in [-0.25, -0.2) is 4.79 Å². The second-order valence-corrected chi connectivity index (χ2v) is 6.57. The fraction of sp³-hybridized carbons (Fsp3) is 0.524. The lowest BCUT2D eigenvalue weighted by Gasteiger charge is -2.13. The van der Waals surface area contributed by atoms with Gasteiger partial charge in [0.25, 0.3) is 0 Å². The van der Waals surface area contributed by atoms with E-state index in [1.165, 1.54) is 6.92 Å². The van der Waals surface area contributed by atoms with Crippen molar-refractivity contribution in [2.24, 2.45) is 0 Å². The number of carbonyl (C=O) groups is 2. The van der Waals surface area contributed by atoms with E-state index in [0.717, 1.165) is 11.1 Å². The van der Waals surface area contributed by atoms with Crippen LogP contribution in [0.3, 0.4) is 0 Å². The molecule has 0 amide bonds. The summed E-state index contributed by atoms with van der Waals surface area (Å²) < 4.78 is 20.5. The van der Waals surface area contributed by atoms with Crippen molar-refractivity contribution >= 4 is 11.9 Å². The Morgan fingerprint density at radius 2 is 1.34 bits per heavy atom. The van der Waals surface area contributed by atoms with Crippen LogP contribution in [0.25, 0.3) is 0 Å². The van der Waals surface area contributed by atoms with Crippen LogP contribution in [0.5, 0.6) is 0 Å². The molecule has 162 valence electrons. The third-order valence-electron chi connectivity index (χ3n) is 3.66. The molecule has 0 fully saturated rings. The summed E-state index contributed by atoms with van der Waals surface area (Å²) in [4.78, 5) is 22.3. The van der Waals surface area contributed by atoms with Crippen LogP contribution in [0.2, 0.25) is 0 Å². The minimum Gasteiger partial charge on any atom is -0.463 e. The molecule has 8 nitrogen and oxygen atoms in total. The molecule has 0 spiro atoms. The Morgan fingerprint density at radius 3 is 1.76 bits per heavy atom. The van der Waals surface area contributed by atoms with Crippen LogP contribution in [0.4, 0.5) is 0 Å². The fourth-order valence-electron chi connectivity index (χ4n) is 2.04. The van der Waals surface area contributed by atoms with E-state index in [-0.39, 0.29) is 44.4 Å². The van der Waals surface area contributed by atoms with E-state index < -0.39 is 18.2 Å². The molecule has 0 aliphatic carbocycles. The lowest BCUT2D eigenvalue weighted by Crippen LogP contribution is -2.23. The predicted molar refractivity (Wildman–Crippen MR) is 105 cm³/mol. The van der Waals surface area contributed by atoms with Gasteiger partial charge in [0, 0.05) is 12.0 Å². The second-order valence-electron chi connectivity index (χ2n) is 6.57. The van der Waals surface area contributed by atoms with Gasteiger partial charge >= 0.3 is 11.9 Å². The fourth-order valence-corrected chi connectivity index (χ4v) is 2.04. The summed E-state index contributed by atoms with van der Waals surface area (Å²) in [6, 6.07) is 7.47. The van der Waals surface area contributed by atoms with E-state index in [1.54, 1.807) is 6.92 Å². The summed E-state index contributed by atoms with van der Waals surface area (Å²) in [6.07, 6.45) is -1.50. The van der Waals surface area contributed by atoms with Gasteiger partial charge in [-0.2, -0.15) is 0 Å². The van der Waals surface area contributed by atoms with Crippen molar-refractivity contribution < 1.29 is 38.7 Å². The zero-order valence-electron chi connectivity index (χ0n) is 17.0. The van der Waals surface area contributed by atoms with Crippen LogP contribution in [0, 0.1) is 0 Å². The number of aliphatic hydroxyl groups excluding tert-OH is 2. The molecule has 0 aliphatic heterocycles. The molecule has 0 aromatic heterocycles. The number of esters is 2. The lowest BCUT2D eigenvalue weighted by atomic mass is 10.1. The van der Waals surface area contributed by atoms with Gasteiger partial charge in [-0.1, -0.05) is 37.8 Å². The smallest absolute Gasteiger partial charge is 0.333 e. The Morgan fingerprint density at radius 1 is 0.897 bits per heavy atom. The van der Waals surface area contributed by atoms with E-state index in [2.05, 4.69) is 6.58 Å². The molecule has 1 aromatic carbocycles. The average Bonchev–Trinajstić information content (AvgIpc) is 2.71. The molecule has 8 heteroatoms. The van der Waals surface area contributed by atoms with Crippen LogP contribution in [-0.4, -0.2) is 60.8 Å². The molecular formula is C21H30O8. The molecule has 0 bridgehead atoms. The maximum atomic E-state index is 11.2. The van der Waals surface area contributed by atoms with Gasteiger partial charge in [-0.15, -0.1) is 0 Å². The zero-order valence-corrected chi connectivity index (χ0v) is 17.0. The lowest BCUT2D eigenvalue weighted by molar-refractivity contribution is -0.147. The first-order chi connectivity index (χ1) is 13.8.